The Morgan fingerprint density at radius 1 is 0.800 bits per heavy atom. The lowest BCUT2D eigenvalue weighted by atomic mass is 10.00. The Morgan fingerprint density at radius 2 is 1.26 bits per heavy atom. The largest absolute Gasteiger partial charge is 0.293 e. The van der Waals surface area contributed by atoms with Crippen molar-refractivity contribution in [2.75, 3.05) is 0 Å². The van der Waals surface area contributed by atoms with Gasteiger partial charge in [0.2, 0.25) is 0 Å². The number of hydrogen-bond donors (Lipinski definition) is 1. The van der Waals surface area contributed by atoms with Crippen molar-refractivity contribution in [1.82, 2.24) is 20.0 Å². The van der Waals surface area contributed by atoms with Crippen molar-refractivity contribution in [3.05, 3.63) is 60.2 Å². The Morgan fingerprint density at radius 3 is 1.63 bits per heavy atom. The summed E-state index contributed by atoms with van der Waals surface area (Å²) in [6, 6.07) is 13.5. The molecule has 2 aromatic heterocycles. The van der Waals surface area contributed by atoms with E-state index in [9.17, 15) is 4.79 Å². The van der Waals surface area contributed by atoms with Crippen molar-refractivity contribution in [2.24, 2.45) is 10.9 Å². The van der Waals surface area contributed by atoms with Crippen molar-refractivity contribution < 1.29 is 4.79 Å². The van der Waals surface area contributed by atoms with E-state index in [1.807, 2.05) is 36.3 Å². The molecule has 0 spiro atoms. The second-order valence-electron chi connectivity index (χ2n) is 9.76. The number of aromatic nitrogens is 2. The van der Waals surface area contributed by atoms with Gasteiger partial charge in [-0.15, -0.1) is 0 Å². The maximum absolute atomic E-state index is 10.6. The Kier molecular flexibility index (Phi) is 12.0. The van der Waals surface area contributed by atoms with E-state index in [1.165, 1.54) is 45.4 Å². The molecule has 2 N–H and O–H groups in total. The van der Waals surface area contributed by atoms with E-state index in [2.05, 4.69) is 42.7 Å². The van der Waals surface area contributed by atoms with Gasteiger partial charge in [-0.1, -0.05) is 18.6 Å². The summed E-state index contributed by atoms with van der Waals surface area (Å²) in [5.41, 5.74) is 2.50. The number of rotatable bonds is 3. The van der Waals surface area contributed by atoms with Crippen LogP contribution in [-0.4, -0.2) is 55.6 Å². The SMILES string of the molecule is C/C(=N\N1[C@H](C)CCC[C@@H]1C)c1ccccn1.CC(=O)c1ccccn1.C[C@@H]1CCC[C@H](C)N1N. The molecule has 0 aliphatic carbocycles. The van der Waals surface area contributed by atoms with Crippen LogP contribution in [0.1, 0.15) is 96.2 Å². The summed E-state index contributed by atoms with van der Waals surface area (Å²) in [6.07, 6.45) is 11.1. The molecule has 192 valence electrons. The van der Waals surface area contributed by atoms with Crippen LogP contribution in [0.3, 0.4) is 0 Å². The fraction of sp³-hybridized carbons (Fsp3) is 0.571. The summed E-state index contributed by atoms with van der Waals surface area (Å²) < 4.78 is 0. The summed E-state index contributed by atoms with van der Waals surface area (Å²) in [5.74, 6) is 5.76. The van der Waals surface area contributed by atoms with Crippen LogP contribution in [0.5, 0.6) is 0 Å². The monoisotopic (exact) mass is 480 g/mol. The maximum Gasteiger partial charge on any atom is 0.178 e. The van der Waals surface area contributed by atoms with Gasteiger partial charge < -0.3 is 0 Å². The zero-order valence-electron chi connectivity index (χ0n) is 22.4. The Hall–Kier alpha value is -2.64. The summed E-state index contributed by atoms with van der Waals surface area (Å²) in [6.45, 7) is 12.4. The first-order valence-corrected chi connectivity index (χ1v) is 12.9. The first-order valence-electron chi connectivity index (χ1n) is 12.9. The highest BCUT2D eigenvalue weighted by atomic mass is 16.1. The second-order valence-corrected chi connectivity index (χ2v) is 9.76. The van der Waals surface area contributed by atoms with Crippen LogP contribution in [-0.2, 0) is 0 Å². The van der Waals surface area contributed by atoms with Crippen LogP contribution in [0.4, 0.5) is 0 Å². The highest BCUT2D eigenvalue weighted by Crippen LogP contribution is 2.23. The molecule has 0 amide bonds. The van der Waals surface area contributed by atoms with Crippen molar-refractivity contribution in [1.29, 1.82) is 0 Å². The second kappa shape index (κ2) is 14.7. The molecule has 7 nitrogen and oxygen atoms in total. The highest BCUT2D eigenvalue weighted by molar-refractivity contribution is 5.96. The normalized spacial score (nSPS) is 25.0. The number of piperidine rings is 2. The van der Waals surface area contributed by atoms with E-state index < -0.39 is 0 Å². The van der Waals surface area contributed by atoms with E-state index in [1.54, 1.807) is 24.4 Å². The molecule has 4 heterocycles. The molecule has 2 aliphatic rings. The van der Waals surface area contributed by atoms with Crippen LogP contribution in [0.25, 0.3) is 0 Å². The molecule has 0 radical (unpaired) electrons. The maximum atomic E-state index is 10.6. The molecule has 2 fully saturated rings. The van der Waals surface area contributed by atoms with Crippen LogP contribution in [0.2, 0.25) is 0 Å². The summed E-state index contributed by atoms with van der Waals surface area (Å²) in [7, 11) is 0. The molecule has 0 saturated carbocycles. The number of nitrogens with zero attached hydrogens (tertiary/aromatic N) is 5. The quantitative estimate of drug-likeness (QED) is 0.356. The summed E-state index contributed by atoms with van der Waals surface area (Å²) in [5, 5.41) is 8.98. The number of hydrazone groups is 1. The van der Waals surface area contributed by atoms with Gasteiger partial charge >= 0.3 is 0 Å². The molecule has 0 bridgehead atoms. The lowest BCUT2D eigenvalue weighted by Gasteiger charge is -2.37. The molecule has 35 heavy (non-hydrogen) atoms. The standard InChI is InChI=1S/C14H21N3.C7H16N2.C7H7NO/c1-11-7-6-8-12(2)17(11)16-13(3)14-9-4-5-10-15-14;1-6-4-3-5-7(2)9(6)8;1-6(9)7-4-2-3-5-8-7/h4-5,9-12H,6-8H2,1-3H3;6-7H,3-5,8H2,1-2H3;2-5H,1H3/b16-13+;;/t11-,12+;6-,7+;. The predicted octanol–water partition coefficient (Wildman–Crippen LogP) is 5.48. The van der Waals surface area contributed by atoms with Gasteiger partial charge in [0.1, 0.15) is 5.69 Å². The zero-order chi connectivity index (χ0) is 25.8. The van der Waals surface area contributed by atoms with Gasteiger partial charge in [-0.05, 0) is 91.0 Å². The average molecular weight is 481 g/mol. The minimum Gasteiger partial charge on any atom is -0.293 e. The number of carbonyl (C=O) groups is 1. The summed E-state index contributed by atoms with van der Waals surface area (Å²) in [4.78, 5) is 18.7. The van der Waals surface area contributed by atoms with E-state index in [4.69, 9.17) is 10.9 Å². The number of ketones is 1. The molecule has 4 rings (SSSR count). The van der Waals surface area contributed by atoms with Crippen molar-refractivity contribution in [2.45, 2.75) is 104 Å². The Labute approximate surface area is 211 Å². The van der Waals surface area contributed by atoms with E-state index in [0.717, 1.165) is 11.4 Å². The molecule has 2 saturated heterocycles. The van der Waals surface area contributed by atoms with Gasteiger partial charge in [-0.3, -0.25) is 25.6 Å². The number of carbonyl (C=O) groups excluding carboxylic acids is 1. The van der Waals surface area contributed by atoms with Crippen LogP contribution in [0, 0.1) is 0 Å². The van der Waals surface area contributed by atoms with E-state index in [-0.39, 0.29) is 5.78 Å². The zero-order valence-corrected chi connectivity index (χ0v) is 22.4. The van der Waals surface area contributed by atoms with Gasteiger partial charge in [0, 0.05) is 43.5 Å². The summed E-state index contributed by atoms with van der Waals surface area (Å²) >= 11 is 0. The smallest absolute Gasteiger partial charge is 0.178 e. The first kappa shape index (κ1) is 28.6. The van der Waals surface area contributed by atoms with Crippen LogP contribution in [0.15, 0.2) is 53.9 Å². The predicted molar refractivity (Wildman–Crippen MR) is 144 cm³/mol. The third-order valence-electron chi connectivity index (χ3n) is 6.74. The third kappa shape index (κ3) is 9.49. The minimum atomic E-state index is 0.00981. The van der Waals surface area contributed by atoms with Gasteiger partial charge in [0.05, 0.1) is 11.4 Å². The molecular weight excluding hydrogens is 436 g/mol. The fourth-order valence-corrected chi connectivity index (χ4v) is 4.42. The molecule has 2 aliphatic heterocycles. The van der Waals surface area contributed by atoms with Crippen LogP contribution >= 0.6 is 0 Å². The fourth-order valence-electron chi connectivity index (χ4n) is 4.42. The first-order chi connectivity index (χ1) is 16.7. The Bertz CT molecular complexity index is 884. The van der Waals surface area contributed by atoms with Gasteiger partial charge in [0.25, 0.3) is 0 Å². The van der Waals surface area contributed by atoms with Gasteiger partial charge in [-0.2, -0.15) is 5.10 Å². The van der Waals surface area contributed by atoms with Crippen molar-refractivity contribution in [3.63, 3.8) is 0 Å². The Balaban J connectivity index is 0.000000203. The molecule has 0 unspecified atom stereocenters. The van der Waals surface area contributed by atoms with Crippen molar-refractivity contribution in [3.8, 4) is 0 Å². The van der Waals surface area contributed by atoms with Gasteiger partial charge in [-0.25, -0.2) is 5.01 Å². The lowest BCUT2D eigenvalue weighted by Crippen LogP contribution is -2.48. The van der Waals surface area contributed by atoms with Gasteiger partial charge in [0.15, 0.2) is 5.78 Å². The number of pyridine rings is 2. The molecule has 4 atom stereocenters. The number of hydrazine groups is 1. The average Bonchev–Trinajstić information content (AvgIpc) is 2.86. The lowest BCUT2D eigenvalue weighted by molar-refractivity contribution is 0.101. The number of hydrogen-bond acceptors (Lipinski definition) is 7. The number of nitrogens with two attached hydrogens (primary N) is 1. The molecular formula is C28H44N6O. The third-order valence-corrected chi connectivity index (χ3v) is 6.74. The molecule has 7 heteroatoms. The minimum absolute atomic E-state index is 0.00981. The van der Waals surface area contributed by atoms with Crippen molar-refractivity contribution >= 4 is 11.5 Å². The topological polar surface area (TPSA) is 87.7 Å². The molecule has 2 aromatic rings. The highest BCUT2D eigenvalue weighted by Gasteiger charge is 2.23. The van der Waals surface area contributed by atoms with Crippen LogP contribution < -0.4 is 5.84 Å². The van der Waals surface area contributed by atoms with E-state index >= 15 is 0 Å². The van der Waals surface area contributed by atoms with E-state index in [0.29, 0.717) is 29.9 Å². The molecule has 0 aromatic carbocycles. The number of Topliss-reactive ketones (excluding diaryl/α,β-unsaturated/α-hetero) is 1.